The molecular formula is C21H31NO4. The van der Waals surface area contributed by atoms with E-state index in [2.05, 4.69) is 30.9 Å². The Morgan fingerprint density at radius 1 is 1.23 bits per heavy atom. The summed E-state index contributed by atoms with van der Waals surface area (Å²) in [7, 11) is 3.31. The van der Waals surface area contributed by atoms with Crippen LogP contribution in [-0.2, 0) is 16.0 Å². The molecule has 0 bridgehead atoms. The predicted octanol–water partition coefficient (Wildman–Crippen LogP) is 3.74. The van der Waals surface area contributed by atoms with Gasteiger partial charge in [-0.1, -0.05) is 13.8 Å². The average molecular weight is 361 g/mol. The zero-order valence-corrected chi connectivity index (χ0v) is 16.4. The normalized spacial score (nSPS) is 22.9. The molecule has 0 aromatic heterocycles. The summed E-state index contributed by atoms with van der Waals surface area (Å²) in [5.41, 5.74) is 2.43. The Hall–Kier alpha value is -1.75. The van der Waals surface area contributed by atoms with Crippen molar-refractivity contribution >= 4 is 5.91 Å². The second-order valence-corrected chi connectivity index (χ2v) is 7.62. The Kier molecular flexibility index (Phi) is 6.07. The Morgan fingerprint density at radius 2 is 1.96 bits per heavy atom. The lowest BCUT2D eigenvalue weighted by Crippen LogP contribution is -2.43. The Morgan fingerprint density at radius 3 is 2.58 bits per heavy atom. The lowest BCUT2D eigenvalue weighted by Gasteiger charge is -2.41. The number of rotatable bonds is 5. The summed E-state index contributed by atoms with van der Waals surface area (Å²) in [5.74, 6) is 2.00. The molecule has 0 aliphatic carbocycles. The summed E-state index contributed by atoms with van der Waals surface area (Å²) >= 11 is 0. The molecule has 5 nitrogen and oxygen atoms in total. The standard InChI is InChI=1S/C21H31NO4/c1-14(2)21-17-13-19(25-4)18(24-3)11-15(17)8-9-22(21)20(23)12-16-7-5-6-10-26-16/h11,13-14,16,21H,5-10,12H2,1-4H3. The fourth-order valence-corrected chi connectivity index (χ4v) is 4.26. The molecule has 0 saturated carbocycles. The van der Waals surface area contributed by atoms with Gasteiger partial charge in [0.1, 0.15) is 0 Å². The topological polar surface area (TPSA) is 48.0 Å². The monoisotopic (exact) mass is 361 g/mol. The molecule has 2 aliphatic rings. The van der Waals surface area contributed by atoms with Crippen molar-refractivity contribution in [2.45, 2.75) is 58.1 Å². The number of carbonyl (C=O) groups is 1. The fraction of sp³-hybridized carbons (Fsp3) is 0.667. The summed E-state index contributed by atoms with van der Waals surface area (Å²) in [6, 6.07) is 4.18. The highest BCUT2D eigenvalue weighted by atomic mass is 16.5. The largest absolute Gasteiger partial charge is 0.493 e. The van der Waals surface area contributed by atoms with E-state index in [0.717, 1.165) is 50.3 Å². The van der Waals surface area contributed by atoms with Crippen LogP contribution in [0, 0.1) is 5.92 Å². The quantitative estimate of drug-likeness (QED) is 0.801. The van der Waals surface area contributed by atoms with Crippen LogP contribution in [0.5, 0.6) is 11.5 Å². The first-order valence-corrected chi connectivity index (χ1v) is 9.71. The molecule has 2 unspecified atom stereocenters. The molecule has 144 valence electrons. The van der Waals surface area contributed by atoms with Crippen molar-refractivity contribution < 1.29 is 19.0 Å². The summed E-state index contributed by atoms with van der Waals surface area (Å²) in [5, 5.41) is 0. The van der Waals surface area contributed by atoms with Gasteiger partial charge in [0.2, 0.25) is 5.91 Å². The Bertz CT molecular complexity index is 637. The Labute approximate surface area is 156 Å². The van der Waals surface area contributed by atoms with E-state index in [9.17, 15) is 4.79 Å². The molecule has 2 aliphatic heterocycles. The molecule has 1 aromatic rings. The molecule has 3 rings (SSSR count). The first-order chi connectivity index (χ1) is 12.5. The molecule has 0 N–H and O–H groups in total. The first-order valence-electron chi connectivity index (χ1n) is 9.71. The highest BCUT2D eigenvalue weighted by molar-refractivity contribution is 5.78. The smallest absolute Gasteiger partial charge is 0.225 e. The number of hydrogen-bond acceptors (Lipinski definition) is 4. The summed E-state index contributed by atoms with van der Waals surface area (Å²) < 4.78 is 16.7. The van der Waals surface area contributed by atoms with E-state index in [-0.39, 0.29) is 18.1 Å². The number of fused-ring (bicyclic) bond motifs is 1. The number of ether oxygens (including phenoxy) is 3. The van der Waals surface area contributed by atoms with E-state index in [1.165, 1.54) is 11.1 Å². The van der Waals surface area contributed by atoms with Gasteiger partial charge in [0.15, 0.2) is 11.5 Å². The van der Waals surface area contributed by atoms with Gasteiger partial charge in [0, 0.05) is 13.2 Å². The molecule has 0 radical (unpaired) electrons. The first kappa shape index (κ1) is 19.0. The maximum absolute atomic E-state index is 13.1. The minimum atomic E-state index is 0.0645. The molecule has 5 heteroatoms. The highest BCUT2D eigenvalue weighted by Gasteiger charge is 2.35. The van der Waals surface area contributed by atoms with Gasteiger partial charge in [-0.15, -0.1) is 0 Å². The predicted molar refractivity (Wildman–Crippen MR) is 101 cm³/mol. The fourth-order valence-electron chi connectivity index (χ4n) is 4.26. The Balaban J connectivity index is 1.85. The molecule has 2 atom stereocenters. The van der Waals surface area contributed by atoms with Crippen LogP contribution in [0.1, 0.15) is 56.7 Å². The van der Waals surface area contributed by atoms with Crippen LogP contribution >= 0.6 is 0 Å². The third kappa shape index (κ3) is 3.83. The van der Waals surface area contributed by atoms with Crippen molar-refractivity contribution in [3.63, 3.8) is 0 Å². The van der Waals surface area contributed by atoms with Crippen LogP contribution in [0.2, 0.25) is 0 Å². The zero-order chi connectivity index (χ0) is 18.7. The van der Waals surface area contributed by atoms with Crippen LogP contribution in [0.4, 0.5) is 0 Å². The van der Waals surface area contributed by atoms with E-state index in [1.807, 2.05) is 0 Å². The number of hydrogen-bond donors (Lipinski definition) is 0. The van der Waals surface area contributed by atoms with Crippen molar-refractivity contribution in [2.24, 2.45) is 5.92 Å². The van der Waals surface area contributed by atoms with Gasteiger partial charge in [-0.25, -0.2) is 0 Å². The van der Waals surface area contributed by atoms with Crippen LogP contribution in [-0.4, -0.2) is 44.3 Å². The van der Waals surface area contributed by atoms with E-state index in [1.54, 1.807) is 14.2 Å². The van der Waals surface area contributed by atoms with E-state index < -0.39 is 0 Å². The molecular weight excluding hydrogens is 330 g/mol. The maximum atomic E-state index is 13.1. The van der Waals surface area contributed by atoms with Gasteiger partial charge in [-0.2, -0.15) is 0 Å². The van der Waals surface area contributed by atoms with Crippen molar-refractivity contribution in [2.75, 3.05) is 27.4 Å². The lowest BCUT2D eigenvalue weighted by molar-refractivity contribution is -0.139. The molecule has 1 aromatic carbocycles. The van der Waals surface area contributed by atoms with Gasteiger partial charge < -0.3 is 19.1 Å². The highest BCUT2D eigenvalue weighted by Crippen LogP contribution is 2.41. The second kappa shape index (κ2) is 8.30. The third-order valence-electron chi connectivity index (χ3n) is 5.55. The lowest BCUT2D eigenvalue weighted by atomic mass is 9.85. The molecule has 2 heterocycles. The average Bonchev–Trinajstić information content (AvgIpc) is 2.66. The van der Waals surface area contributed by atoms with E-state index in [0.29, 0.717) is 12.3 Å². The number of methoxy groups -OCH3 is 2. The molecule has 1 fully saturated rings. The SMILES string of the molecule is COc1cc2c(cc1OC)C(C(C)C)N(C(=O)CC1CCCCO1)CC2. The number of nitrogens with zero attached hydrogens (tertiary/aromatic N) is 1. The maximum Gasteiger partial charge on any atom is 0.225 e. The van der Waals surface area contributed by atoms with Gasteiger partial charge in [0.05, 0.1) is 32.8 Å². The van der Waals surface area contributed by atoms with Gasteiger partial charge >= 0.3 is 0 Å². The van der Waals surface area contributed by atoms with Crippen LogP contribution in [0.25, 0.3) is 0 Å². The molecule has 1 amide bonds. The third-order valence-corrected chi connectivity index (χ3v) is 5.55. The molecule has 26 heavy (non-hydrogen) atoms. The van der Waals surface area contributed by atoms with Crippen molar-refractivity contribution in [1.82, 2.24) is 4.90 Å². The van der Waals surface area contributed by atoms with Crippen LogP contribution < -0.4 is 9.47 Å². The minimum absolute atomic E-state index is 0.0645. The van der Waals surface area contributed by atoms with Crippen LogP contribution in [0.15, 0.2) is 12.1 Å². The second-order valence-electron chi connectivity index (χ2n) is 7.62. The summed E-state index contributed by atoms with van der Waals surface area (Å²) in [6.07, 6.45) is 4.68. The van der Waals surface area contributed by atoms with Gasteiger partial charge in [-0.05, 0) is 54.9 Å². The number of carbonyl (C=O) groups excluding carboxylic acids is 1. The minimum Gasteiger partial charge on any atom is -0.493 e. The van der Waals surface area contributed by atoms with Gasteiger partial charge in [0.25, 0.3) is 0 Å². The number of amides is 1. The summed E-state index contributed by atoms with van der Waals surface area (Å²) in [4.78, 5) is 15.1. The summed E-state index contributed by atoms with van der Waals surface area (Å²) in [6.45, 7) is 5.88. The van der Waals surface area contributed by atoms with Crippen molar-refractivity contribution in [3.05, 3.63) is 23.3 Å². The van der Waals surface area contributed by atoms with E-state index in [4.69, 9.17) is 14.2 Å². The zero-order valence-electron chi connectivity index (χ0n) is 16.4. The molecule has 1 saturated heterocycles. The number of benzene rings is 1. The van der Waals surface area contributed by atoms with E-state index >= 15 is 0 Å². The van der Waals surface area contributed by atoms with Crippen LogP contribution in [0.3, 0.4) is 0 Å². The van der Waals surface area contributed by atoms with Gasteiger partial charge in [-0.3, -0.25) is 4.79 Å². The molecule has 0 spiro atoms. The van der Waals surface area contributed by atoms with Crippen molar-refractivity contribution in [3.8, 4) is 11.5 Å². The van der Waals surface area contributed by atoms with Crippen molar-refractivity contribution in [1.29, 1.82) is 0 Å².